The normalized spacial score (nSPS) is 10.8. The summed E-state index contributed by atoms with van der Waals surface area (Å²) in [6.07, 6.45) is 0. The molecule has 1 amide bonds. The average Bonchev–Trinajstić information content (AvgIpc) is 2.95. The van der Waals surface area contributed by atoms with E-state index < -0.39 is 11.6 Å². The van der Waals surface area contributed by atoms with E-state index in [0.717, 1.165) is 18.7 Å². The highest BCUT2D eigenvalue weighted by Gasteiger charge is 2.12. The van der Waals surface area contributed by atoms with Crippen LogP contribution >= 0.6 is 11.3 Å². The van der Waals surface area contributed by atoms with E-state index in [1.165, 1.54) is 17.4 Å². The molecule has 0 atom stereocenters. The second-order valence-corrected chi connectivity index (χ2v) is 5.99. The third-order valence-corrected chi connectivity index (χ3v) is 3.70. The minimum Gasteiger partial charge on any atom is -0.483 e. The van der Waals surface area contributed by atoms with Crippen molar-refractivity contribution in [2.75, 3.05) is 27.2 Å². The van der Waals surface area contributed by atoms with Gasteiger partial charge in [0.15, 0.2) is 11.6 Å². The number of halogens is 2. The summed E-state index contributed by atoms with van der Waals surface area (Å²) in [5.41, 5.74) is 0.298. The van der Waals surface area contributed by atoms with Gasteiger partial charge in [0, 0.05) is 24.5 Å². The fourth-order valence-electron chi connectivity index (χ4n) is 1.70. The van der Waals surface area contributed by atoms with Crippen molar-refractivity contribution in [1.82, 2.24) is 15.2 Å². The number of thiazole rings is 1. The number of nitrogens with zero attached hydrogens (tertiary/aromatic N) is 2. The molecule has 124 valence electrons. The molecule has 8 heteroatoms. The number of amides is 1. The molecule has 1 aromatic heterocycles. The zero-order valence-corrected chi connectivity index (χ0v) is 13.6. The summed E-state index contributed by atoms with van der Waals surface area (Å²) < 4.78 is 31.5. The number of nitrogens with one attached hydrogen (secondary N) is 1. The maximum atomic E-state index is 13.4. The van der Waals surface area contributed by atoms with Gasteiger partial charge in [0.25, 0.3) is 5.91 Å². The second-order valence-electron chi connectivity index (χ2n) is 5.05. The summed E-state index contributed by atoms with van der Waals surface area (Å²) in [7, 11) is 3.83. The number of carbonyl (C=O) groups excluding carboxylic acids is 1. The number of aromatic nitrogens is 1. The Bertz CT molecular complexity index is 676. The van der Waals surface area contributed by atoms with Crippen LogP contribution in [0, 0.1) is 11.6 Å². The Balaban J connectivity index is 1.88. The summed E-state index contributed by atoms with van der Waals surface area (Å²) in [6.45, 7) is 1.27. The van der Waals surface area contributed by atoms with Crippen molar-refractivity contribution in [2.24, 2.45) is 0 Å². The highest BCUT2D eigenvalue weighted by Crippen LogP contribution is 2.20. The number of ether oxygens (including phenoxy) is 1. The van der Waals surface area contributed by atoms with E-state index >= 15 is 0 Å². The molecule has 0 aliphatic heterocycles. The molecule has 2 aromatic rings. The summed E-state index contributed by atoms with van der Waals surface area (Å²) in [6, 6.07) is 3.08. The van der Waals surface area contributed by atoms with Gasteiger partial charge in [-0.3, -0.25) is 4.79 Å². The molecule has 0 aliphatic carbocycles. The van der Waals surface area contributed by atoms with Crippen LogP contribution in [0.25, 0.3) is 0 Å². The molecule has 1 aromatic carbocycles. The highest BCUT2D eigenvalue weighted by molar-refractivity contribution is 7.09. The molecule has 23 heavy (non-hydrogen) atoms. The van der Waals surface area contributed by atoms with Gasteiger partial charge in [0.2, 0.25) is 0 Å². The summed E-state index contributed by atoms with van der Waals surface area (Å²) >= 11 is 1.24. The number of likely N-dealkylation sites (N-methyl/N-ethyl adjacent to an activating group) is 1. The topological polar surface area (TPSA) is 54.5 Å². The van der Waals surface area contributed by atoms with Crippen LogP contribution in [0.3, 0.4) is 0 Å². The molecule has 2 rings (SSSR count). The Morgan fingerprint density at radius 3 is 2.87 bits per heavy atom. The van der Waals surface area contributed by atoms with E-state index in [-0.39, 0.29) is 18.3 Å². The van der Waals surface area contributed by atoms with Crippen molar-refractivity contribution < 1.29 is 18.3 Å². The molecule has 0 aliphatic rings. The second kappa shape index (κ2) is 7.98. The molecular weight excluding hydrogens is 324 g/mol. The molecule has 5 nitrogen and oxygen atoms in total. The lowest BCUT2D eigenvalue weighted by molar-refractivity contribution is 0.0946. The molecule has 0 saturated heterocycles. The van der Waals surface area contributed by atoms with E-state index in [1.54, 1.807) is 5.38 Å². The van der Waals surface area contributed by atoms with E-state index in [1.807, 2.05) is 19.0 Å². The summed E-state index contributed by atoms with van der Waals surface area (Å²) in [5.74, 6) is -1.76. The maximum absolute atomic E-state index is 13.4. The Hall–Kier alpha value is -2.06. The summed E-state index contributed by atoms with van der Waals surface area (Å²) in [4.78, 5) is 18.0. The minimum atomic E-state index is -0.775. The van der Waals surface area contributed by atoms with Crippen molar-refractivity contribution in [3.05, 3.63) is 45.9 Å². The van der Waals surface area contributed by atoms with E-state index in [0.29, 0.717) is 17.2 Å². The SMILES string of the molecule is CN(C)CCNC(=O)c1csc(COc2ccc(F)cc2F)n1. The first kappa shape index (κ1) is 17.3. The third kappa shape index (κ3) is 5.26. The fourth-order valence-corrected chi connectivity index (χ4v) is 2.38. The first-order chi connectivity index (χ1) is 11.0. The lowest BCUT2D eigenvalue weighted by atomic mass is 10.3. The van der Waals surface area contributed by atoms with Crippen molar-refractivity contribution in [2.45, 2.75) is 6.61 Å². The van der Waals surface area contributed by atoms with Crippen LogP contribution in [0.4, 0.5) is 8.78 Å². The molecule has 0 spiro atoms. The van der Waals surface area contributed by atoms with Gasteiger partial charge in [-0.1, -0.05) is 0 Å². The van der Waals surface area contributed by atoms with Gasteiger partial charge < -0.3 is 15.0 Å². The zero-order chi connectivity index (χ0) is 16.8. The Labute approximate surface area is 136 Å². The molecule has 0 bridgehead atoms. The third-order valence-electron chi connectivity index (χ3n) is 2.87. The van der Waals surface area contributed by atoms with Crippen molar-refractivity contribution in [3.8, 4) is 5.75 Å². The number of benzene rings is 1. The molecule has 1 N–H and O–H groups in total. The molecule has 0 unspecified atom stereocenters. The zero-order valence-electron chi connectivity index (χ0n) is 12.8. The number of hydrogen-bond donors (Lipinski definition) is 1. The number of carbonyl (C=O) groups is 1. The van der Waals surface area contributed by atoms with E-state index in [4.69, 9.17) is 4.74 Å². The average molecular weight is 341 g/mol. The quantitative estimate of drug-likeness (QED) is 0.840. The molecule has 0 fully saturated rings. The minimum absolute atomic E-state index is 0.0121. The van der Waals surface area contributed by atoms with Crippen LogP contribution in [-0.4, -0.2) is 43.0 Å². The van der Waals surface area contributed by atoms with Crippen molar-refractivity contribution in [1.29, 1.82) is 0 Å². The van der Waals surface area contributed by atoms with Gasteiger partial charge in [-0.2, -0.15) is 0 Å². The van der Waals surface area contributed by atoms with Gasteiger partial charge in [0.1, 0.15) is 23.1 Å². The van der Waals surface area contributed by atoms with Gasteiger partial charge in [0.05, 0.1) is 0 Å². The molecule has 1 heterocycles. The molecule has 0 radical (unpaired) electrons. The monoisotopic (exact) mass is 341 g/mol. The lowest BCUT2D eigenvalue weighted by Gasteiger charge is -2.09. The standard InChI is InChI=1S/C15H17F2N3O2S/c1-20(2)6-5-18-15(21)12-9-23-14(19-12)8-22-13-4-3-10(16)7-11(13)17/h3-4,7,9H,5-6,8H2,1-2H3,(H,18,21). The van der Waals surface area contributed by atoms with E-state index in [9.17, 15) is 13.6 Å². The number of rotatable bonds is 7. The Morgan fingerprint density at radius 1 is 1.39 bits per heavy atom. The van der Waals surface area contributed by atoms with Gasteiger partial charge in [-0.25, -0.2) is 13.8 Å². The van der Waals surface area contributed by atoms with Crippen LogP contribution < -0.4 is 10.1 Å². The first-order valence-corrected chi connectivity index (χ1v) is 7.79. The summed E-state index contributed by atoms with van der Waals surface area (Å²) in [5, 5.41) is 4.90. The highest BCUT2D eigenvalue weighted by atomic mass is 32.1. The fraction of sp³-hybridized carbons (Fsp3) is 0.333. The van der Waals surface area contributed by atoms with Crippen molar-refractivity contribution in [3.63, 3.8) is 0 Å². The first-order valence-electron chi connectivity index (χ1n) is 6.91. The maximum Gasteiger partial charge on any atom is 0.270 e. The van der Waals surface area contributed by atoms with Crippen LogP contribution in [0.5, 0.6) is 5.75 Å². The molecule has 0 saturated carbocycles. The van der Waals surface area contributed by atoms with Crippen LogP contribution in [0.2, 0.25) is 0 Å². The Morgan fingerprint density at radius 2 is 2.17 bits per heavy atom. The smallest absolute Gasteiger partial charge is 0.270 e. The van der Waals surface area contributed by atoms with E-state index in [2.05, 4.69) is 10.3 Å². The van der Waals surface area contributed by atoms with Crippen LogP contribution in [0.15, 0.2) is 23.6 Å². The van der Waals surface area contributed by atoms with Crippen LogP contribution in [0.1, 0.15) is 15.5 Å². The number of hydrogen-bond acceptors (Lipinski definition) is 5. The molecular formula is C15H17F2N3O2S. The van der Waals surface area contributed by atoms with Crippen LogP contribution in [-0.2, 0) is 6.61 Å². The predicted octanol–water partition coefficient (Wildman–Crippen LogP) is 2.29. The van der Waals surface area contributed by atoms with Gasteiger partial charge in [-0.15, -0.1) is 11.3 Å². The predicted molar refractivity (Wildman–Crippen MR) is 83.7 cm³/mol. The van der Waals surface area contributed by atoms with Crippen molar-refractivity contribution >= 4 is 17.2 Å². The van der Waals surface area contributed by atoms with Gasteiger partial charge in [-0.05, 0) is 26.2 Å². The lowest BCUT2D eigenvalue weighted by Crippen LogP contribution is -2.31. The van der Waals surface area contributed by atoms with Gasteiger partial charge >= 0.3 is 0 Å². The largest absolute Gasteiger partial charge is 0.483 e. The Kier molecular flexibility index (Phi) is 6.00.